The SMILES string of the molecule is O=C(O)CN(CCn1cccn1)CC(F)(F)F. The molecule has 0 saturated heterocycles. The molecule has 1 heterocycles. The van der Waals surface area contributed by atoms with E-state index < -0.39 is 25.2 Å². The highest BCUT2D eigenvalue weighted by atomic mass is 19.4. The molecule has 0 unspecified atom stereocenters. The Morgan fingerprint density at radius 3 is 2.65 bits per heavy atom. The Morgan fingerprint density at radius 1 is 1.47 bits per heavy atom. The molecule has 1 N–H and O–H groups in total. The molecular weight excluding hydrogens is 239 g/mol. The lowest BCUT2D eigenvalue weighted by Crippen LogP contribution is -2.39. The minimum Gasteiger partial charge on any atom is -0.480 e. The molecule has 0 aliphatic heterocycles. The van der Waals surface area contributed by atoms with Crippen LogP contribution in [0.15, 0.2) is 18.5 Å². The molecule has 5 nitrogen and oxygen atoms in total. The number of hydrogen-bond donors (Lipinski definition) is 1. The van der Waals surface area contributed by atoms with E-state index in [-0.39, 0.29) is 13.1 Å². The fourth-order valence-corrected chi connectivity index (χ4v) is 1.34. The van der Waals surface area contributed by atoms with Crippen LogP contribution in [0.1, 0.15) is 0 Å². The second-order valence-corrected chi connectivity index (χ2v) is 3.49. The number of alkyl halides is 3. The number of aromatic nitrogens is 2. The normalized spacial score (nSPS) is 12.0. The van der Waals surface area contributed by atoms with Crippen LogP contribution >= 0.6 is 0 Å². The predicted octanol–water partition coefficient (Wildman–Crippen LogP) is 0.832. The lowest BCUT2D eigenvalue weighted by Gasteiger charge is -2.21. The van der Waals surface area contributed by atoms with Crippen LogP contribution in [0.4, 0.5) is 13.2 Å². The maximum absolute atomic E-state index is 12.2. The summed E-state index contributed by atoms with van der Waals surface area (Å²) in [6.07, 6.45) is -1.29. The number of halogens is 3. The number of carbonyl (C=O) groups is 1. The van der Waals surface area contributed by atoms with Crippen molar-refractivity contribution in [2.75, 3.05) is 19.6 Å². The van der Waals surface area contributed by atoms with Gasteiger partial charge in [-0.15, -0.1) is 0 Å². The first-order chi connectivity index (χ1) is 7.87. The zero-order chi connectivity index (χ0) is 12.9. The molecule has 0 aliphatic carbocycles. The van der Waals surface area contributed by atoms with Crippen molar-refractivity contribution in [1.29, 1.82) is 0 Å². The molecule has 8 heteroatoms. The van der Waals surface area contributed by atoms with Gasteiger partial charge in [-0.1, -0.05) is 0 Å². The molecule has 96 valence electrons. The van der Waals surface area contributed by atoms with E-state index in [2.05, 4.69) is 5.10 Å². The first-order valence-corrected chi connectivity index (χ1v) is 4.85. The monoisotopic (exact) mass is 251 g/mol. The zero-order valence-corrected chi connectivity index (χ0v) is 8.89. The summed E-state index contributed by atoms with van der Waals surface area (Å²) in [5, 5.41) is 12.3. The van der Waals surface area contributed by atoms with Crippen molar-refractivity contribution < 1.29 is 23.1 Å². The van der Waals surface area contributed by atoms with Crippen molar-refractivity contribution in [1.82, 2.24) is 14.7 Å². The van der Waals surface area contributed by atoms with E-state index in [0.717, 1.165) is 4.90 Å². The van der Waals surface area contributed by atoms with E-state index in [1.54, 1.807) is 12.3 Å². The Hall–Kier alpha value is -1.57. The number of hydrogen-bond acceptors (Lipinski definition) is 3. The molecule has 0 atom stereocenters. The van der Waals surface area contributed by atoms with Crippen molar-refractivity contribution in [2.24, 2.45) is 0 Å². The minimum absolute atomic E-state index is 0.0203. The van der Waals surface area contributed by atoms with Crippen LogP contribution in [-0.2, 0) is 11.3 Å². The van der Waals surface area contributed by atoms with Crippen LogP contribution in [0.3, 0.4) is 0 Å². The van der Waals surface area contributed by atoms with Gasteiger partial charge in [0.15, 0.2) is 0 Å². The molecule has 0 amide bonds. The maximum Gasteiger partial charge on any atom is 0.401 e. The lowest BCUT2D eigenvalue weighted by atomic mass is 10.4. The van der Waals surface area contributed by atoms with Gasteiger partial charge in [-0.3, -0.25) is 14.4 Å². The fourth-order valence-electron chi connectivity index (χ4n) is 1.34. The summed E-state index contributed by atoms with van der Waals surface area (Å²) in [4.78, 5) is 11.2. The Morgan fingerprint density at radius 2 is 2.18 bits per heavy atom. The van der Waals surface area contributed by atoms with E-state index >= 15 is 0 Å². The van der Waals surface area contributed by atoms with Crippen molar-refractivity contribution in [2.45, 2.75) is 12.7 Å². The van der Waals surface area contributed by atoms with Crippen LogP contribution in [-0.4, -0.2) is 51.6 Å². The molecule has 0 aliphatic rings. The van der Waals surface area contributed by atoms with Gasteiger partial charge in [-0.25, -0.2) is 0 Å². The summed E-state index contributed by atoms with van der Waals surface area (Å²) in [7, 11) is 0. The summed E-state index contributed by atoms with van der Waals surface area (Å²) < 4.78 is 37.9. The Kier molecular flexibility index (Phi) is 4.50. The van der Waals surface area contributed by atoms with Crippen molar-refractivity contribution >= 4 is 5.97 Å². The van der Waals surface area contributed by atoms with E-state index in [1.165, 1.54) is 10.9 Å². The summed E-state index contributed by atoms with van der Waals surface area (Å²) >= 11 is 0. The first-order valence-electron chi connectivity index (χ1n) is 4.85. The van der Waals surface area contributed by atoms with Crippen molar-refractivity contribution in [3.63, 3.8) is 0 Å². The Labute approximate surface area is 95.4 Å². The quantitative estimate of drug-likeness (QED) is 0.813. The lowest BCUT2D eigenvalue weighted by molar-refractivity contribution is -0.154. The molecule has 0 radical (unpaired) electrons. The number of aliphatic carboxylic acids is 1. The molecule has 17 heavy (non-hydrogen) atoms. The smallest absolute Gasteiger partial charge is 0.401 e. The van der Waals surface area contributed by atoms with Gasteiger partial charge in [0.25, 0.3) is 0 Å². The van der Waals surface area contributed by atoms with Gasteiger partial charge in [-0.05, 0) is 6.07 Å². The predicted molar refractivity (Wildman–Crippen MR) is 52.4 cm³/mol. The molecule has 1 aromatic heterocycles. The van der Waals surface area contributed by atoms with Gasteiger partial charge in [0, 0.05) is 18.9 Å². The Balaban J connectivity index is 2.48. The van der Waals surface area contributed by atoms with Crippen molar-refractivity contribution in [3.05, 3.63) is 18.5 Å². The van der Waals surface area contributed by atoms with Crippen LogP contribution in [0.25, 0.3) is 0 Å². The number of nitrogens with zero attached hydrogens (tertiary/aromatic N) is 3. The number of carboxylic acid groups (broad SMARTS) is 1. The second kappa shape index (κ2) is 5.67. The van der Waals surface area contributed by atoms with Gasteiger partial charge < -0.3 is 5.11 Å². The highest BCUT2D eigenvalue weighted by molar-refractivity contribution is 5.69. The third-order valence-corrected chi connectivity index (χ3v) is 1.97. The van der Waals surface area contributed by atoms with Gasteiger partial charge in [-0.2, -0.15) is 18.3 Å². The van der Waals surface area contributed by atoms with Gasteiger partial charge >= 0.3 is 12.1 Å². The summed E-state index contributed by atoms with van der Waals surface area (Å²) in [6, 6.07) is 1.64. The summed E-state index contributed by atoms with van der Waals surface area (Å²) in [6.45, 7) is -1.68. The van der Waals surface area contributed by atoms with E-state index in [0.29, 0.717) is 0 Å². The van der Waals surface area contributed by atoms with Gasteiger partial charge in [0.05, 0.1) is 19.6 Å². The van der Waals surface area contributed by atoms with Crippen LogP contribution in [0, 0.1) is 0 Å². The third kappa shape index (κ3) is 5.91. The zero-order valence-electron chi connectivity index (χ0n) is 8.89. The van der Waals surface area contributed by atoms with Crippen LogP contribution in [0.5, 0.6) is 0 Å². The molecule has 0 fully saturated rings. The average molecular weight is 251 g/mol. The largest absolute Gasteiger partial charge is 0.480 e. The second-order valence-electron chi connectivity index (χ2n) is 3.49. The summed E-state index contributed by atoms with van der Waals surface area (Å²) in [5.41, 5.74) is 0. The van der Waals surface area contributed by atoms with E-state index in [1.807, 2.05) is 0 Å². The average Bonchev–Trinajstić information content (AvgIpc) is 2.62. The van der Waals surface area contributed by atoms with Gasteiger partial charge in [0.2, 0.25) is 0 Å². The highest BCUT2D eigenvalue weighted by Crippen LogP contribution is 2.16. The molecule has 1 rings (SSSR count). The summed E-state index contributed by atoms with van der Waals surface area (Å²) in [5.74, 6) is -1.28. The van der Waals surface area contributed by atoms with Crippen LogP contribution in [0.2, 0.25) is 0 Å². The molecule has 0 spiro atoms. The standard InChI is InChI=1S/C9H12F3N3O2/c10-9(11,12)7-14(6-8(16)17)4-5-15-3-1-2-13-15/h1-3H,4-7H2,(H,16,17). The Bertz CT molecular complexity index is 351. The molecule has 0 aromatic carbocycles. The number of carboxylic acids is 1. The molecule has 0 saturated carbocycles. The molecule has 0 bridgehead atoms. The highest BCUT2D eigenvalue weighted by Gasteiger charge is 2.31. The van der Waals surface area contributed by atoms with E-state index in [4.69, 9.17) is 5.11 Å². The van der Waals surface area contributed by atoms with Crippen molar-refractivity contribution in [3.8, 4) is 0 Å². The third-order valence-electron chi connectivity index (χ3n) is 1.97. The maximum atomic E-state index is 12.2. The van der Waals surface area contributed by atoms with Crippen LogP contribution < -0.4 is 0 Å². The minimum atomic E-state index is -4.40. The van der Waals surface area contributed by atoms with Gasteiger partial charge in [0.1, 0.15) is 0 Å². The fraction of sp³-hybridized carbons (Fsp3) is 0.556. The number of rotatable bonds is 6. The molecular formula is C9H12F3N3O2. The molecule has 1 aromatic rings. The first kappa shape index (κ1) is 13.5. The van der Waals surface area contributed by atoms with E-state index in [9.17, 15) is 18.0 Å². The topological polar surface area (TPSA) is 58.4 Å².